The van der Waals surface area contributed by atoms with Gasteiger partial charge in [0.15, 0.2) is 0 Å². The number of hydrogen-bond donors (Lipinski definition) is 3. The van der Waals surface area contributed by atoms with Crippen molar-refractivity contribution in [1.29, 1.82) is 5.26 Å². The van der Waals surface area contributed by atoms with Crippen molar-refractivity contribution in [2.24, 2.45) is 5.73 Å². The lowest BCUT2D eigenvalue weighted by Crippen LogP contribution is -2.58. The number of nitriles is 1. The zero-order valence-corrected chi connectivity index (χ0v) is 8.90. The predicted molar refractivity (Wildman–Crippen MR) is 56.0 cm³/mol. The summed E-state index contributed by atoms with van der Waals surface area (Å²) in [7, 11) is 0. The summed E-state index contributed by atoms with van der Waals surface area (Å²) in [6.07, 6.45) is 0. The maximum atomic E-state index is 11.4. The number of primary amides is 1. The van der Waals surface area contributed by atoms with Gasteiger partial charge in [-0.3, -0.25) is 14.5 Å². The number of piperazine rings is 1. The highest BCUT2D eigenvalue weighted by Gasteiger charge is 2.27. The fraction of sp³-hybridized carbons (Fsp3) is 0.667. The molecule has 1 aliphatic rings. The van der Waals surface area contributed by atoms with E-state index in [0.717, 1.165) is 6.54 Å². The largest absolute Gasteiger partial charge is 0.368 e. The Morgan fingerprint density at radius 1 is 1.62 bits per heavy atom. The summed E-state index contributed by atoms with van der Waals surface area (Å²) in [4.78, 5) is 24.2. The van der Waals surface area contributed by atoms with E-state index in [0.29, 0.717) is 13.1 Å². The minimum absolute atomic E-state index is 0.0217. The van der Waals surface area contributed by atoms with Crippen molar-refractivity contribution < 1.29 is 9.59 Å². The van der Waals surface area contributed by atoms with Gasteiger partial charge in [0.25, 0.3) is 0 Å². The summed E-state index contributed by atoms with van der Waals surface area (Å²) in [5.74, 6) is -0.713. The molecule has 0 spiro atoms. The number of carbonyl (C=O) groups is 2. The van der Waals surface area contributed by atoms with E-state index in [1.54, 1.807) is 4.90 Å². The maximum Gasteiger partial charge on any atom is 0.236 e. The highest BCUT2D eigenvalue weighted by Crippen LogP contribution is 2.01. The van der Waals surface area contributed by atoms with Crippen molar-refractivity contribution in [3.63, 3.8) is 0 Å². The quantitative estimate of drug-likeness (QED) is 0.454. The normalized spacial score (nSPS) is 21.1. The Kier molecular flexibility index (Phi) is 4.69. The van der Waals surface area contributed by atoms with Crippen LogP contribution in [0.25, 0.3) is 0 Å². The molecule has 4 N–H and O–H groups in total. The van der Waals surface area contributed by atoms with Gasteiger partial charge in [-0.25, -0.2) is 0 Å². The van der Waals surface area contributed by atoms with Gasteiger partial charge in [-0.2, -0.15) is 5.26 Å². The Bertz CT molecular complexity index is 312. The van der Waals surface area contributed by atoms with Crippen LogP contribution in [0.2, 0.25) is 0 Å². The lowest BCUT2D eigenvalue weighted by atomic mass is 10.2. The van der Waals surface area contributed by atoms with Crippen molar-refractivity contribution in [1.82, 2.24) is 15.5 Å². The third-order valence-electron chi connectivity index (χ3n) is 2.39. The third kappa shape index (κ3) is 3.49. The highest BCUT2D eigenvalue weighted by molar-refractivity contribution is 5.82. The Morgan fingerprint density at radius 3 is 3.00 bits per heavy atom. The minimum Gasteiger partial charge on any atom is -0.368 e. The van der Waals surface area contributed by atoms with E-state index >= 15 is 0 Å². The third-order valence-corrected chi connectivity index (χ3v) is 2.39. The molecule has 0 bridgehead atoms. The van der Waals surface area contributed by atoms with Crippen LogP contribution < -0.4 is 16.4 Å². The van der Waals surface area contributed by atoms with Crippen molar-refractivity contribution in [2.75, 3.05) is 32.7 Å². The number of nitrogens with two attached hydrogens (primary N) is 1. The maximum absolute atomic E-state index is 11.4. The van der Waals surface area contributed by atoms with E-state index in [9.17, 15) is 9.59 Å². The van der Waals surface area contributed by atoms with Crippen LogP contribution in [0.1, 0.15) is 0 Å². The first-order valence-corrected chi connectivity index (χ1v) is 5.03. The van der Waals surface area contributed by atoms with Gasteiger partial charge < -0.3 is 16.4 Å². The lowest BCUT2D eigenvalue weighted by Gasteiger charge is -2.33. The average molecular weight is 225 g/mol. The van der Waals surface area contributed by atoms with Crippen LogP contribution in [-0.4, -0.2) is 55.5 Å². The highest BCUT2D eigenvalue weighted by atomic mass is 16.2. The van der Waals surface area contributed by atoms with E-state index < -0.39 is 11.9 Å². The van der Waals surface area contributed by atoms with E-state index in [2.05, 4.69) is 10.6 Å². The second kappa shape index (κ2) is 6.05. The molecule has 0 aliphatic carbocycles. The molecular formula is C9H15N5O2. The van der Waals surface area contributed by atoms with Crippen LogP contribution >= 0.6 is 0 Å². The fourth-order valence-electron chi connectivity index (χ4n) is 1.59. The SMILES string of the molecule is N#CCNC(=O)CN1CCNCC1C(N)=O. The van der Waals surface area contributed by atoms with E-state index in [4.69, 9.17) is 11.0 Å². The molecule has 1 atom stereocenters. The summed E-state index contributed by atoms with van der Waals surface area (Å²) < 4.78 is 0. The topological polar surface area (TPSA) is 111 Å². The van der Waals surface area contributed by atoms with E-state index in [-0.39, 0.29) is 19.0 Å². The van der Waals surface area contributed by atoms with Gasteiger partial charge in [0.1, 0.15) is 12.6 Å². The predicted octanol–water partition coefficient (Wildman–Crippen LogP) is -2.61. The van der Waals surface area contributed by atoms with Gasteiger partial charge in [-0.05, 0) is 0 Å². The molecule has 1 aliphatic heterocycles. The van der Waals surface area contributed by atoms with Crippen LogP contribution in [0.3, 0.4) is 0 Å². The zero-order valence-electron chi connectivity index (χ0n) is 8.90. The average Bonchev–Trinajstić information content (AvgIpc) is 2.27. The molecule has 1 unspecified atom stereocenters. The van der Waals surface area contributed by atoms with Crippen LogP contribution in [0.5, 0.6) is 0 Å². The summed E-state index contributed by atoms with van der Waals surface area (Å²) in [6.45, 7) is 1.84. The Labute approximate surface area is 93.6 Å². The monoisotopic (exact) mass is 225 g/mol. The van der Waals surface area contributed by atoms with Crippen molar-refractivity contribution in [3.05, 3.63) is 0 Å². The van der Waals surface area contributed by atoms with Gasteiger partial charge in [0, 0.05) is 19.6 Å². The van der Waals surface area contributed by atoms with Gasteiger partial charge >= 0.3 is 0 Å². The van der Waals surface area contributed by atoms with Gasteiger partial charge in [-0.1, -0.05) is 0 Å². The van der Waals surface area contributed by atoms with Gasteiger partial charge in [-0.15, -0.1) is 0 Å². The number of rotatable bonds is 4. The van der Waals surface area contributed by atoms with E-state index in [1.165, 1.54) is 0 Å². The molecule has 0 aromatic rings. The first kappa shape index (κ1) is 12.4. The van der Waals surface area contributed by atoms with Crippen LogP contribution in [0.4, 0.5) is 0 Å². The number of nitrogens with zero attached hydrogens (tertiary/aromatic N) is 2. The zero-order chi connectivity index (χ0) is 12.0. The molecule has 0 aromatic carbocycles. The molecule has 88 valence electrons. The molecule has 1 rings (SSSR count). The fourth-order valence-corrected chi connectivity index (χ4v) is 1.59. The van der Waals surface area contributed by atoms with Crippen LogP contribution in [0.15, 0.2) is 0 Å². The molecule has 0 aromatic heterocycles. The Balaban J connectivity index is 2.47. The van der Waals surface area contributed by atoms with Crippen molar-refractivity contribution in [2.45, 2.75) is 6.04 Å². The minimum atomic E-state index is -0.457. The van der Waals surface area contributed by atoms with Gasteiger partial charge in [0.2, 0.25) is 11.8 Å². The molecule has 1 fully saturated rings. The second-order valence-corrected chi connectivity index (χ2v) is 3.53. The molecule has 1 saturated heterocycles. The number of nitrogens with one attached hydrogen (secondary N) is 2. The van der Waals surface area contributed by atoms with Gasteiger partial charge in [0.05, 0.1) is 12.6 Å². The molecule has 7 heteroatoms. The number of amides is 2. The Hall–Kier alpha value is -1.65. The van der Waals surface area contributed by atoms with Crippen molar-refractivity contribution in [3.8, 4) is 6.07 Å². The summed E-state index contributed by atoms with van der Waals surface area (Å²) in [6, 6.07) is 1.36. The number of hydrogen-bond acceptors (Lipinski definition) is 5. The number of carbonyl (C=O) groups excluding carboxylic acids is 2. The van der Waals surface area contributed by atoms with Crippen LogP contribution in [-0.2, 0) is 9.59 Å². The summed E-state index contributed by atoms with van der Waals surface area (Å²) in [5, 5.41) is 13.8. The van der Waals surface area contributed by atoms with E-state index in [1.807, 2.05) is 6.07 Å². The smallest absolute Gasteiger partial charge is 0.236 e. The summed E-state index contributed by atoms with van der Waals surface area (Å²) in [5.41, 5.74) is 5.23. The first-order valence-electron chi connectivity index (χ1n) is 5.03. The Morgan fingerprint density at radius 2 is 2.38 bits per heavy atom. The molecular weight excluding hydrogens is 210 g/mol. The molecule has 0 saturated carbocycles. The molecule has 7 nitrogen and oxygen atoms in total. The van der Waals surface area contributed by atoms with Crippen molar-refractivity contribution >= 4 is 11.8 Å². The first-order chi connectivity index (χ1) is 7.65. The second-order valence-electron chi connectivity index (χ2n) is 3.53. The molecule has 0 radical (unpaired) electrons. The summed E-state index contributed by atoms with van der Waals surface area (Å²) >= 11 is 0. The standard InChI is InChI=1S/C9H15N5O2/c10-1-2-13-8(15)6-14-4-3-12-5-7(14)9(11)16/h7,12H,2-6H2,(H2,11,16)(H,13,15). The molecule has 16 heavy (non-hydrogen) atoms. The molecule has 1 heterocycles. The molecule has 2 amide bonds. The van der Waals surface area contributed by atoms with Crippen LogP contribution in [0, 0.1) is 11.3 Å². The lowest BCUT2D eigenvalue weighted by molar-refractivity contribution is -0.127.